The number of fused-ring (bicyclic) bond motifs is 1. The number of likely N-dealkylation sites (tertiary alicyclic amines) is 1. The third kappa shape index (κ3) is 3.99. The fraction of sp³-hybridized carbons (Fsp3) is 0.360. The Kier molecular flexibility index (Phi) is 5.20. The second kappa shape index (κ2) is 8.07. The molecule has 5 rings (SSSR count). The number of alkyl halides is 2. The number of rotatable bonds is 6. The summed E-state index contributed by atoms with van der Waals surface area (Å²) in [6, 6.07) is 10.2. The van der Waals surface area contributed by atoms with Gasteiger partial charge in [-0.15, -0.1) is 0 Å². The van der Waals surface area contributed by atoms with E-state index in [1.807, 2.05) is 18.2 Å². The molecule has 1 aliphatic heterocycles. The van der Waals surface area contributed by atoms with E-state index in [2.05, 4.69) is 26.7 Å². The lowest BCUT2D eigenvalue weighted by molar-refractivity contribution is -0.132. The van der Waals surface area contributed by atoms with Crippen LogP contribution >= 0.6 is 0 Å². The molecular weight excluding hydrogens is 426 g/mol. The van der Waals surface area contributed by atoms with Gasteiger partial charge in [-0.1, -0.05) is 12.1 Å². The minimum Gasteiger partial charge on any atom is -0.344 e. The van der Waals surface area contributed by atoms with Crippen LogP contribution in [-0.2, 0) is 4.79 Å². The van der Waals surface area contributed by atoms with Crippen LogP contribution in [0.15, 0.2) is 48.9 Å². The number of Topliss-reactive ketones (excluding diaryl/α,β-unsaturated/α-hetero) is 1. The average Bonchev–Trinajstić information content (AvgIpc) is 3.48. The first-order valence-corrected chi connectivity index (χ1v) is 11.0. The molecular formula is C25H22F2N4O2. The van der Waals surface area contributed by atoms with E-state index in [1.54, 1.807) is 12.3 Å². The molecule has 0 bridgehead atoms. The van der Waals surface area contributed by atoms with Gasteiger partial charge in [0.1, 0.15) is 6.42 Å². The van der Waals surface area contributed by atoms with Gasteiger partial charge < -0.3 is 4.57 Å². The fourth-order valence-electron chi connectivity index (χ4n) is 4.61. The highest BCUT2D eigenvalue weighted by Gasteiger charge is 2.50. The van der Waals surface area contributed by atoms with Crippen LogP contribution < -0.4 is 0 Å². The molecule has 0 N–H and O–H groups in total. The van der Waals surface area contributed by atoms with Crippen LogP contribution in [0.2, 0.25) is 0 Å². The lowest BCUT2D eigenvalue weighted by Gasteiger charge is -2.16. The smallest absolute Gasteiger partial charge is 0.306 e. The number of aromatic nitrogens is 2. The first kappa shape index (κ1) is 21.3. The Morgan fingerprint density at radius 3 is 2.73 bits per heavy atom. The number of carbonyl (C=O) groups excluding carboxylic acids is 2. The van der Waals surface area contributed by atoms with E-state index in [0.717, 1.165) is 34.2 Å². The number of ketones is 1. The van der Waals surface area contributed by atoms with Crippen molar-refractivity contribution in [1.29, 1.82) is 0 Å². The van der Waals surface area contributed by atoms with E-state index in [0.29, 0.717) is 17.2 Å². The van der Waals surface area contributed by atoms with Gasteiger partial charge >= 0.3 is 6.17 Å². The van der Waals surface area contributed by atoms with Crippen LogP contribution in [0.5, 0.6) is 0 Å². The van der Waals surface area contributed by atoms with E-state index >= 15 is 0 Å². The van der Waals surface area contributed by atoms with Crippen LogP contribution in [0.25, 0.3) is 26.9 Å². The number of hydrogen-bond acceptors (Lipinski definition) is 3. The van der Waals surface area contributed by atoms with Crippen LogP contribution in [-0.4, -0.2) is 44.8 Å². The number of benzene rings is 1. The molecule has 0 spiro atoms. The summed E-state index contributed by atoms with van der Waals surface area (Å²) >= 11 is 0. The first-order chi connectivity index (χ1) is 15.9. The predicted octanol–water partition coefficient (Wildman–Crippen LogP) is 5.11. The zero-order valence-corrected chi connectivity index (χ0v) is 17.9. The molecule has 2 aliphatic rings. The molecule has 3 heterocycles. The molecule has 33 heavy (non-hydrogen) atoms. The molecule has 0 radical (unpaired) electrons. The van der Waals surface area contributed by atoms with Crippen LogP contribution in [0.1, 0.15) is 48.5 Å². The second-order valence-electron chi connectivity index (χ2n) is 8.73. The molecule has 6 nitrogen and oxygen atoms in total. The molecule has 1 saturated carbocycles. The molecule has 168 valence electrons. The SMILES string of the molecule is [C-]#[N+][C@@H]1CC(F)(F)CN1C(=O)CCC(=O)c1ccncc1-c1cccc2c1ccn2C1CC1. The van der Waals surface area contributed by atoms with Gasteiger partial charge in [-0.2, -0.15) is 0 Å². The van der Waals surface area contributed by atoms with Crippen molar-refractivity contribution in [3.05, 3.63) is 65.9 Å². The number of amides is 1. The van der Waals surface area contributed by atoms with Crippen molar-refractivity contribution in [3.63, 3.8) is 0 Å². The van der Waals surface area contributed by atoms with Gasteiger partial charge in [0.2, 0.25) is 5.91 Å². The highest BCUT2D eigenvalue weighted by molar-refractivity contribution is 6.07. The van der Waals surface area contributed by atoms with E-state index in [1.165, 1.54) is 6.20 Å². The summed E-state index contributed by atoms with van der Waals surface area (Å²) in [5.41, 5.74) is 3.12. The van der Waals surface area contributed by atoms with Crippen molar-refractivity contribution < 1.29 is 18.4 Å². The van der Waals surface area contributed by atoms with Crippen LogP contribution in [0.4, 0.5) is 8.78 Å². The molecule has 2 aromatic heterocycles. The van der Waals surface area contributed by atoms with Crippen molar-refractivity contribution in [2.75, 3.05) is 6.54 Å². The number of halogens is 2. The van der Waals surface area contributed by atoms with E-state index in [4.69, 9.17) is 6.57 Å². The average molecular weight is 448 g/mol. The highest BCUT2D eigenvalue weighted by atomic mass is 19.3. The summed E-state index contributed by atoms with van der Waals surface area (Å²) in [4.78, 5) is 33.9. The quantitative estimate of drug-likeness (QED) is 0.389. The van der Waals surface area contributed by atoms with Gasteiger partial charge in [0.15, 0.2) is 5.78 Å². The summed E-state index contributed by atoms with van der Waals surface area (Å²) in [7, 11) is 0. The Morgan fingerprint density at radius 2 is 1.97 bits per heavy atom. The second-order valence-corrected chi connectivity index (χ2v) is 8.73. The van der Waals surface area contributed by atoms with Crippen LogP contribution in [0, 0.1) is 6.57 Å². The number of pyridine rings is 1. The van der Waals surface area contributed by atoms with Gasteiger partial charge in [-0.25, -0.2) is 15.4 Å². The van der Waals surface area contributed by atoms with E-state index in [-0.39, 0.29) is 18.6 Å². The van der Waals surface area contributed by atoms with Crippen molar-refractivity contribution in [1.82, 2.24) is 14.5 Å². The summed E-state index contributed by atoms with van der Waals surface area (Å²) in [5.74, 6) is -3.92. The highest BCUT2D eigenvalue weighted by Crippen LogP contribution is 2.40. The maximum atomic E-state index is 13.7. The van der Waals surface area contributed by atoms with Gasteiger partial charge in [0.25, 0.3) is 5.92 Å². The van der Waals surface area contributed by atoms with Crippen molar-refractivity contribution >= 4 is 22.6 Å². The molecule has 1 aromatic carbocycles. The normalized spacial score (nSPS) is 19.5. The Hall–Kier alpha value is -3.60. The zero-order chi connectivity index (χ0) is 23.2. The fourth-order valence-corrected chi connectivity index (χ4v) is 4.61. The molecule has 1 saturated heterocycles. The van der Waals surface area contributed by atoms with Crippen molar-refractivity contribution in [2.24, 2.45) is 0 Å². The van der Waals surface area contributed by atoms with Gasteiger partial charge in [-0.3, -0.25) is 24.3 Å². The standard InChI is InChI=1S/C25H22F2N4O2/c1-28-23-13-25(26,27)15-31(23)24(33)8-7-22(32)19-9-11-29-14-20(19)17-3-2-4-21-18(17)10-12-30(21)16-5-6-16/h2-4,9-12,14,16,23H,5-8,13,15H2/t23-/m0/s1. The minimum absolute atomic E-state index is 0.123. The van der Waals surface area contributed by atoms with Crippen molar-refractivity contribution in [2.45, 2.75) is 50.2 Å². The summed E-state index contributed by atoms with van der Waals surface area (Å²) in [5, 5.41) is 1.03. The Morgan fingerprint density at radius 1 is 1.15 bits per heavy atom. The number of nitrogens with zero attached hydrogens (tertiary/aromatic N) is 4. The van der Waals surface area contributed by atoms with E-state index < -0.39 is 31.0 Å². The Balaban J connectivity index is 1.38. The minimum atomic E-state index is -3.07. The number of carbonyl (C=O) groups is 2. The van der Waals surface area contributed by atoms with Gasteiger partial charge in [0.05, 0.1) is 6.54 Å². The molecule has 2 fully saturated rings. The molecule has 3 aromatic rings. The predicted molar refractivity (Wildman–Crippen MR) is 119 cm³/mol. The molecule has 1 amide bonds. The summed E-state index contributed by atoms with van der Waals surface area (Å²) < 4.78 is 29.6. The Bertz CT molecular complexity index is 1290. The Labute approximate surface area is 189 Å². The molecule has 1 aliphatic carbocycles. The lowest BCUT2D eigenvalue weighted by atomic mass is 9.95. The maximum Gasteiger partial charge on any atom is 0.306 e. The first-order valence-electron chi connectivity index (χ1n) is 11.0. The summed E-state index contributed by atoms with van der Waals surface area (Å²) in [6.07, 6.45) is 5.40. The summed E-state index contributed by atoms with van der Waals surface area (Å²) in [6.45, 7) is 6.32. The topological polar surface area (TPSA) is 59.6 Å². The number of hydrogen-bond donors (Lipinski definition) is 0. The van der Waals surface area contributed by atoms with E-state index in [9.17, 15) is 18.4 Å². The van der Waals surface area contributed by atoms with Gasteiger partial charge in [-0.05, 0) is 36.6 Å². The van der Waals surface area contributed by atoms with Crippen molar-refractivity contribution in [3.8, 4) is 11.1 Å². The maximum absolute atomic E-state index is 13.7. The lowest BCUT2D eigenvalue weighted by Crippen LogP contribution is -2.35. The zero-order valence-electron chi connectivity index (χ0n) is 17.9. The monoisotopic (exact) mass is 448 g/mol. The molecule has 1 atom stereocenters. The third-order valence-electron chi connectivity index (χ3n) is 6.39. The largest absolute Gasteiger partial charge is 0.344 e. The third-order valence-corrected chi connectivity index (χ3v) is 6.39. The van der Waals surface area contributed by atoms with Gasteiger partial charge in [0, 0.05) is 59.5 Å². The molecule has 8 heteroatoms. The molecule has 0 unspecified atom stereocenters. The van der Waals surface area contributed by atoms with Crippen LogP contribution in [0.3, 0.4) is 0 Å².